The molecule has 0 aliphatic rings. The van der Waals surface area contributed by atoms with Crippen LogP contribution >= 0.6 is 0 Å². The van der Waals surface area contributed by atoms with Crippen molar-refractivity contribution in [2.45, 2.75) is 0 Å². The molecule has 0 radical (unpaired) electrons. The van der Waals surface area contributed by atoms with Crippen LogP contribution in [0.25, 0.3) is 111 Å². The third kappa shape index (κ3) is 6.34. The van der Waals surface area contributed by atoms with Crippen LogP contribution in [0.2, 0.25) is 0 Å². The second-order valence-corrected chi connectivity index (χ2v) is 14.8. The Labute approximate surface area is 341 Å². The first-order valence-electron chi connectivity index (χ1n) is 19.8. The van der Waals surface area contributed by atoms with Gasteiger partial charge in [-0.3, -0.25) is 0 Å². The summed E-state index contributed by atoms with van der Waals surface area (Å²) in [6.45, 7) is 0. The minimum absolute atomic E-state index is 0.622. The summed E-state index contributed by atoms with van der Waals surface area (Å²) in [6.07, 6.45) is 0. The van der Waals surface area contributed by atoms with Gasteiger partial charge in [0.1, 0.15) is 11.2 Å². The SMILES string of the molecule is c1ccc(-c2cccc(-c3nc(-c4ccccc4)nc(-c4ccc(-c5cc6c7ccc(-c8ccccc8-c8ccccc8)cc7oc6c6ccccc56)cc4)n3)c2)cc1. The lowest BCUT2D eigenvalue weighted by Gasteiger charge is -2.11. The fourth-order valence-electron chi connectivity index (χ4n) is 8.23. The summed E-state index contributed by atoms with van der Waals surface area (Å²) in [4.78, 5) is 15.1. The van der Waals surface area contributed by atoms with Gasteiger partial charge in [0.25, 0.3) is 0 Å². The highest BCUT2D eigenvalue weighted by Gasteiger charge is 2.18. The van der Waals surface area contributed by atoms with Gasteiger partial charge in [-0.25, -0.2) is 15.0 Å². The van der Waals surface area contributed by atoms with E-state index in [9.17, 15) is 0 Å². The molecule has 0 amide bonds. The van der Waals surface area contributed by atoms with Crippen molar-refractivity contribution in [3.63, 3.8) is 0 Å². The molecular weight excluding hydrogens is 719 g/mol. The molecule has 0 saturated carbocycles. The molecule has 0 atom stereocenters. The van der Waals surface area contributed by atoms with E-state index in [1.165, 1.54) is 16.7 Å². The van der Waals surface area contributed by atoms with E-state index in [1.54, 1.807) is 0 Å². The Morgan fingerprint density at radius 2 is 0.729 bits per heavy atom. The zero-order chi connectivity index (χ0) is 39.1. The van der Waals surface area contributed by atoms with Gasteiger partial charge in [0.2, 0.25) is 0 Å². The summed E-state index contributed by atoms with van der Waals surface area (Å²) in [6, 6.07) is 74.0. The van der Waals surface area contributed by atoms with Crippen molar-refractivity contribution in [1.82, 2.24) is 15.0 Å². The third-order valence-electron chi connectivity index (χ3n) is 11.2. The van der Waals surface area contributed by atoms with Gasteiger partial charge in [-0.15, -0.1) is 0 Å². The molecule has 0 fully saturated rings. The molecule has 0 aliphatic carbocycles. The maximum atomic E-state index is 6.75. The van der Waals surface area contributed by atoms with Crippen LogP contribution in [0, 0.1) is 0 Å². The van der Waals surface area contributed by atoms with Gasteiger partial charge in [-0.2, -0.15) is 0 Å². The number of nitrogens with zero attached hydrogens (tertiary/aromatic N) is 3. The normalized spacial score (nSPS) is 11.4. The van der Waals surface area contributed by atoms with Crippen molar-refractivity contribution in [1.29, 1.82) is 0 Å². The topological polar surface area (TPSA) is 51.8 Å². The van der Waals surface area contributed by atoms with Crippen LogP contribution in [-0.2, 0) is 0 Å². The van der Waals surface area contributed by atoms with E-state index in [1.807, 2.05) is 36.4 Å². The molecule has 276 valence electrons. The Balaban J connectivity index is 1.00. The highest BCUT2D eigenvalue weighted by molar-refractivity contribution is 6.19. The van der Waals surface area contributed by atoms with Crippen molar-refractivity contribution in [2.24, 2.45) is 0 Å². The lowest BCUT2D eigenvalue weighted by Crippen LogP contribution is -2.00. The largest absolute Gasteiger partial charge is 0.455 e. The van der Waals surface area contributed by atoms with Gasteiger partial charge in [0.05, 0.1) is 0 Å². The van der Waals surface area contributed by atoms with E-state index in [4.69, 9.17) is 19.4 Å². The number of hydrogen-bond acceptors (Lipinski definition) is 4. The Bertz CT molecular complexity index is 3300. The second kappa shape index (κ2) is 14.5. The molecule has 0 spiro atoms. The molecule has 9 aromatic carbocycles. The summed E-state index contributed by atoms with van der Waals surface area (Å²) in [5.74, 6) is 1.89. The first-order chi connectivity index (χ1) is 29.2. The summed E-state index contributed by atoms with van der Waals surface area (Å²) in [5.41, 5.74) is 13.7. The van der Waals surface area contributed by atoms with Crippen LogP contribution in [0.5, 0.6) is 0 Å². The number of benzene rings is 9. The van der Waals surface area contributed by atoms with Crippen molar-refractivity contribution in [3.05, 3.63) is 212 Å². The van der Waals surface area contributed by atoms with Gasteiger partial charge in [0.15, 0.2) is 17.5 Å². The third-order valence-corrected chi connectivity index (χ3v) is 11.2. The number of fused-ring (bicyclic) bond motifs is 5. The smallest absolute Gasteiger partial charge is 0.164 e. The quantitative estimate of drug-likeness (QED) is 0.163. The predicted molar refractivity (Wildman–Crippen MR) is 243 cm³/mol. The van der Waals surface area contributed by atoms with Gasteiger partial charge >= 0.3 is 0 Å². The van der Waals surface area contributed by atoms with Crippen molar-refractivity contribution < 1.29 is 4.42 Å². The van der Waals surface area contributed by atoms with E-state index >= 15 is 0 Å². The summed E-state index contributed by atoms with van der Waals surface area (Å²) in [5, 5.41) is 4.40. The Hall–Kier alpha value is -7.95. The molecule has 59 heavy (non-hydrogen) atoms. The maximum absolute atomic E-state index is 6.75. The summed E-state index contributed by atoms with van der Waals surface area (Å²) in [7, 11) is 0. The van der Waals surface area contributed by atoms with E-state index in [-0.39, 0.29) is 0 Å². The van der Waals surface area contributed by atoms with Crippen molar-refractivity contribution in [2.75, 3.05) is 0 Å². The van der Waals surface area contributed by atoms with Gasteiger partial charge in [-0.05, 0) is 74.2 Å². The van der Waals surface area contributed by atoms with Crippen LogP contribution in [0.4, 0.5) is 0 Å². The highest BCUT2D eigenvalue weighted by Crippen LogP contribution is 2.42. The van der Waals surface area contributed by atoms with E-state index in [2.05, 4.69) is 176 Å². The van der Waals surface area contributed by atoms with Gasteiger partial charge < -0.3 is 4.42 Å². The molecule has 0 N–H and O–H groups in total. The standard InChI is InChI=1S/C55H35N3O/c1-4-15-36(16-5-1)41-21-14-22-43(33-41)55-57-53(39-19-8-3-9-20-39)56-54(58-55)40-29-27-38(28-30-40)49-35-50-47-32-31-42(34-51(47)59-52(50)48-26-13-12-25-46(48)49)45-24-11-10-23-44(45)37-17-6-2-7-18-37/h1-35H. The monoisotopic (exact) mass is 753 g/mol. The molecule has 0 saturated heterocycles. The van der Waals surface area contributed by atoms with E-state index in [0.717, 1.165) is 77.2 Å². The number of rotatable bonds is 7. The molecule has 11 rings (SSSR count). The van der Waals surface area contributed by atoms with Gasteiger partial charge in [0, 0.05) is 32.8 Å². The Morgan fingerprint density at radius 3 is 1.42 bits per heavy atom. The fourth-order valence-corrected chi connectivity index (χ4v) is 8.23. The minimum Gasteiger partial charge on any atom is -0.455 e. The second-order valence-electron chi connectivity index (χ2n) is 14.8. The molecular formula is C55H35N3O. The van der Waals surface area contributed by atoms with Gasteiger partial charge in [-0.1, -0.05) is 188 Å². The number of aromatic nitrogens is 3. The maximum Gasteiger partial charge on any atom is 0.164 e. The molecule has 2 heterocycles. The minimum atomic E-state index is 0.622. The molecule has 0 aliphatic heterocycles. The average molecular weight is 754 g/mol. The van der Waals surface area contributed by atoms with Crippen LogP contribution in [0.3, 0.4) is 0 Å². The lowest BCUT2D eigenvalue weighted by molar-refractivity contribution is 0.673. The number of furan rings is 1. The molecule has 11 aromatic rings. The zero-order valence-electron chi connectivity index (χ0n) is 32.0. The Morgan fingerprint density at radius 1 is 0.254 bits per heavy atom. The van der Waals surface area contributed by atoms with Crippen LogP contribution < -0.4 is 0 Å². The van der Waals surface area contributed by atoms with Crippen LogP contribution in [-0.4, -0.2) is 15.0 Å². The zero-order valence-corrected chi connectivity index (χ0v) is 32.0. The molecule has 0 unspecified atom stereocenters. The molecule has 0 bridgehead atoms. The lowest BCUT2D eigenvalue weighted by atomic mass is 9.93. The summed E-state index contributed by atoms with van der Waals surface area (Å²) < 4.78 is 6.75. The molecule has 2 aromatic heterocycles. The van der Waals surface area contributed by atoms with E-state index < -0.39 is 0 Å². The van der Waals surface area contributed by atoms with Crippen LogP contribution in [0.15, 0.2) is 217 Å². The average Bonchev–Trinajstić information content (AvgIpc) is 3.70. The highest BCUT2D eigenvalue weighted by atomic mass is 16.3. The van der Waals surface area contributed by atoms with E-state index in [0.29, 0.717) is 17.5 Å². The summed E-state index contributed by atoms with van der Waals surface area (Å²) >= 11 is 0. The van der Waals surface area contributed by atoms with Crippen LogP contribution in [0.1, 0.15) is 0 Å². The molecule has 4 heteroatoms. The first-order valence-corrected chi connectivity index (χ1v) is 19.8. The molecule has 4 nitrogen and oxygen atoms in total. The van der Waals surface area contributed by atoms with Crippen molar-refractivity contribution >= 4 is 32.7 Å². The number of hydrogen-bond donors (Lipinski definition) is 0. The predicted octanol–water partition coefficient (Wildman–Crippen LogP) is 14.6. The van der Waals surface area contributed by atoms with Crippen molar-refractivity contribution in [3.8, 4) is 78.7 Å². The fraction of sp³-hybridized carbons (Fsp3) is 0. The first kappa shape index (κ1) is 34.3. The Kier molecular flexibility index (Phi) is 8.45.